The minimum Gasteiger partial charge on any atom is -0.324 e. The van der Waals surface area contributed by atoms with E-state index in [1.165, 1.54) is 0 Å². The standard InChI is InChI=1S/C25H23N3O3/c1-18-10-8-9-15-21(18)26-22(29)17-28-23(30)25(27-24(28)31,20-13-6-3-7-14-20)16-19-11-4-2-5-12-19/h2-15H,16-17H2,1H3,(H,26,29)(H,27,31)/t25-/m0/s1. The third-order valence-electron chi connectivity index (χ3n) is 5.48. The number of para-hydroxylation sites is 1. The van der Waals surface area contributed by atoms with E-state index >= 15 is 0 Å². The number of carbonyl (C=O) groups excluding carboxylic acids is 3. The van der Waals surface area contributed by atoms with Crippen molar-refractivity contribution in [2.75, 3.05) is 11.9 Å². The summed E-state index contributed by atoms with van der Waals surface area (Å²) < 4.78 is 0. The average molecular weight is 413 g/mol. The molecule has 0 unspecified atom stereocenters. The molecule has 1 aliphatic heterocycles. The van der Waals surface area contributed by atoms with Gasteiger partial charge in [-0.1, -0.05) is 78.9 Å². The van der Waals surface area contributed by atoms with Gasteiger partial charge in [0.25, 0.3) is 5.91 Å². The van der Waals surface area contributed by atoms with Gasteiger partial charge in [0.15, 0.2) is 5.54 Å². The minimum absolute atomic E-state index is 0.290. The van der Waals surface area contributed by atoms with Gasteiger partial charge in [-0.25, -0.2) is 4.79 Å². The zero-order valence-corrected chi connectivity index (χ0v) is 17.2. The van der Waals surface area contributed by atoms with Gasteiger partial charge in [-0.15, -0.1) is 0 Å². The monoisotopic (exact) mass is 413 g/mol. The van der Waals surface area contributed by atoms with Crippen LogP contribution < -0.4 is 10.6 Å². The Balaban J connectivity index is 1.61. The fourth-order valence-electron chi connectivity index (χ4n) is 3.86. The first-order chi connectivity index (χ1) is 15.0. The largest absolute Gasteiger partial charge is 0.325 e. The molecular formula is C25H23N3O3. The van der Waals surface area contributed by atoms with Crippen molar-refractivity contribution in [1.82, 2.24) is 10.2 Å². The van der Waals surface area contributed by atoms with Gasteiger partial charge in [0, 0.05) is 12.1 Å². The molecule has 0 saturated carbocycles. The number of hydrogen-bond donors (Lipinski definition) is 2. The molecule has 0 radical (unpaired) electrons. The van der Waals surface area contributed by atoms with Crippen molar-refractivity contribution in [2.24, 2.45) is 0 Å². The minimum atomic E-state index is -1.26. The van der Waals surface area contributed by atoms with Crippen LogP contribution in [0.2, 0.25) is 0 Å². The van der Waals surface area contributed by atoms with Crippen molar-refractivity contribution in [3.8, 4) is 0 Å². The molecule has 1 saturated heterocycles. The van der Waals surface area contributed by atoms with Gasteiger partial charge in [0.1, 0.15) is 6.54 Å². The van der Waals surface area contributed by atoms with E-state index in [1.54, 1.807) is 6.07 Å². The van der Waals surface area contributed by atoms with E-state index in [2.05, 4.69) is 10.6 Å². The summed E-state index contributed by atoms with van der Waals surface area (Å²) in [6.45, 7) is 1.52. The zero-order valence-electron chi connectivity index (χ0n) is 17.2. The van der Waals surface area contributed by atoms with Crippen LogP contribution >= 0.6 is 0 Å². The number of nitrogens with one attached hydrogen (secondary N) is 2. The lowest BCUT2D eigenvalue weighted by Crippen LogP contribution is -2.46. The molecule has 0 aliphatic carbocycles. The zero-order chi connectivity index (χ0) is 21.8. The normalized spacial score (nSPS) is 18.0. The average Bonchev–Trinajstić information content (AvgIpc) is 3.01. The summed E-state index contributed by atoms with van der Waals surface area (Å²) >= 11 is 0. The maximum atomic E-state index is 13.6. The summed E-state index contributed by atoms with van der Waals surface area (Å²) in [6.07, 6.45) is 0.290. The Labute approximate surface area is 180 Å². The molecule has 0 aromatic heterocycles. The predicted molar refractivity (Wildman–Crippen MR) is 118 cm³/mol. The number of carbonyl (C=O) groups is 3. The van der Waals surface area contributed by atoms with Crippen molar-refractivity contribution in [1.29, 1.82) is 0 Å². The molecule has 4 rings (SSSR count). The number of imide groups is 1. The molecule has 3 aromatic carbocycles. The van der Waals surface area contributed by atoms with Crippen LogP contribution in [0.15, 0.2) is 84.9 Å². The Morgan fingerprint density at radius 2 is 1.52 bits per heavy atom. The number of aryl methyl sites for hydroxylation is 1. The van der Waals surface area contributed by atoms with Gasteiger partial charge in [0.05, 0.1) is 0 Å². The lowest BCUT2D eigenvalue weighted by atomic mass is 9.83. The molecule has 6 nitrogen and oxygen atoms in total. The maximum Gasteiger partial charge on any atom is 0.325 e. The van der Waals surface area contributed by atoms with E-state index < -0.39 is 23.4 Å². The number of rotatable bonds is 6. The molecule has 1 aliphatic rings. The Bertz CT molecular complexity index is 1120. The molecule has 0 bridgehead atoms. The molecule has 156 valence electrons. The number of benzene rings is 3. The Kier molecular flexibility index (Phi) is 5.54. The van der Waals surface area contributed by atoms with E-state index in [0.717, 1.165) is 16.0 Å². The summed E-state index contributed by atoms with van der Waals surface area (Å²) in [5, 5.41) is 5.65. The highest BCUT2D eigenvalue weighted by Gasteiger charge is 2.52. The first-order valence-electron chi connectivity index (χ1n) is 10.1. The summed E-state index contributed by atoms with van der Waals surface area (Å²) in [5.74, 6) is -0.867. The molecule has 2 N–H and O–H groups in total. The molecule has 4 amide bonds. The van der Waals surface area contributed by atoms with Crippen molar-refractivity contribution in [3.05, 3.63) is 102 Å². The van der Waals surface area contributed by atoms with Crippen LogP contribution in [0.4, 0.5) is 10.5 Å². The van der Waals surface area contributed by atoms with E-state index in [1.807, 2.05) is 85.8 Å². The number of nitrogens with zero attached hydrogens (tertiary/aromatic N) is 1. The van der Waals surface area contributed by atoms with Gasteiger partial charge >= 0.3 is 6.03 Å². The second-order valence-corrected chi connectivity index (χ2v) is 7.62. The third kappa shape index (κ3) is 4.05. The smallest absolute Gasteiger partial charge is 0.324 e. The van der Waals surface area contributed by atoms with Crippen LogP contribution in [0.3, 0.4) is 0 Å². The van der Waals surface area contributed by atoms with Crippen LogP contribution in [0.25, 0.3) is 0 Å². The highest BCUT2D eigenvalue weighted by molar-refractivity contribution is 6.10. The highest BCUT2D eigenvalue weighted by Crippen LogP contribution is 2.33. The van der Waals surface area contributed by atoms with Gasteiger partial charge in [-0.05, 0) is 29.7 Å². The van der Waals surface area contributed by atoms with E-state index in [-0.39, 0.29) is 6.54 Å². The molecule has 0 spiro atoms. The molecule has 1 fully saturated rings. The van der Waals surface area contributed by atoms with Crippen LogP contribution in [0, 0.1) is 6.92 Å². The third-order valence-corrected chi connectivity index (χ3v) is 5.48. The van der Waals surface area contributed by atoms with Gasteiger partial charge < -0.3 is 10.6 Å². The van der Waals surface area contributed by atoms with E-state index in [0.29, 0.717) is 17.7 Å². The van der Waals surface area contributed by atoms with Crippen molar-refractivity contribution < 1.29 is 14.4 Å². The van der Waals surface area contributed by atoms with Crippen molar-refractivity contribution in [2.45, 2.75) is 18.9 Å². The predicted octanol–water partition coefficient (Wildman–Crippen LogP) is 3.62. The highest BCUT2D eigenvalue weighted by atomic mass is 16.2. The Morgan fingerprint density at radius 3 is 2.19 bits per heavy atom. The topological polar surface area (TPSA) is 78.5 Å². The molecule has 3 aromatic rings. The second kappa shape index (κ2) is 8.44. The van der Waals surface area contributed by atoms with E-state index in [4.69, 9.17) is 0 Å². The number of amides is 4. The number of anilines is 1. The molecule has 31 heavy (non-hydrogen) atoms. The van der Waals surface area contributed by atoms with E-state index in [9.17, 15) is 14.4 Å². The van der Waals surface area contributed by atoms with Gasteiger partial charge in [0.2, 0.25) is 5.91 Å². The molecule has 1 atom stereocenters. The molecule has 6 heteroatoms. The van der Waals surface area contributed by atoms with Crippen LogP contribution in [-0.2, 0) is 21.5 Å². The Morgan fingerprint density at radius 1 is 0.903 bits per heavy atom. The first-order valence-corrected chi connectivity index (χ1v) is 10.1. The Hall–Kier alpha value is -3.93. The number of hydrogen-bond acceptors (Lipinski definition) is 3. The van der Waals surface area contributed by atoms with Crippen LogP contribution in [0.5, 0.6) is 0 Å². The molecular weight excluding hydrogens is 390 g/mol. The lowest BCUT2D eigenvalue weighted by molar-refractivity contribution is -0.134. The summed E-state index contributed by atoms with van der Waals surface area (Å²) in [5.41, 5.74) is 1.88. The van der Waals surface area contributed by atoms with Crippen LogP contribution in [-0.4, -0.2) is 29.3 Å². The van der Waals surface area contributed by atoms with Crippen LogP contribution in [0.1, 0.15) is 16.7 Å². The number of urea groups is 1. The van der Waals surface area contributed by atoms with Crippen molar-refractivity contribution in [3.63, 3.8) is 0 Å². The lowest BCUT2D eigenvalue weighted by Gasteiger charge is -2.27. The van der Waals surface area contributed by atoms with Crippen molar-refractivity contribution >= 4 is 23.5 Å². The molecule has 1 heterocycles. The maximum absolute atomic E-state index is 13.6. The van der Waals surface area contributed by atoms with Gasteiger partial charge in [-0.3, -0.25) is 14.5 Å². The SMILES string of the molecule is Cc1ccccc1NC(=O)CN1C(=O)N[C@@](Cc2ccccc2)(c2ccccc2)C1=O. The van der Waals surface area contributed by atoms with Gasteiger partial charge in [-0.2, -0.15) is 0 Å². The first kappa shape index (κ1) is 20.3. The summed E-state index contributed by atoms with van der Waals surface area (Å²) in [6, 6.07) is 25.4. The fraction of sp³-hybridized carbons (Fsp3) is 0.160. The quantitative estimate of drug-likeness (QED) is 0.606. The summed E-state index contributed by atoms with van der Waals surface area (Å²) in [4.78, 5) is 40.0. The fourth-order valence-corrected chi connectivity index (χ4v) is 3.86. The second-order valence-electron chi connectivity index (χ2n) is 7.62. The summed E-state index contributed by atoms with van der Waals surface area (Å²) in [7, 11) is 0.